The molecule has 0 saturated carbocycles. The number of hydrogen-bond donors (Lipinski definition) is 0. The first-order valence-electron chi connectivity index (χ1n) is 6.60. The van der Waals surface area contributed by atoms with E-state index < -0.39 is 7.60 Å². The second-order valence-corrected chi connectivity index (χ2v) is 8.28. The number of halogens is 1. The molecule has 1 saturated heterocycles. The topological polar surface area (TPSA) is 52.6 Å². The van der Waals surface area contributed by atoms with Crippen molar-refractivity contribution in [2.45, 2.75) is 20.8 Å². The van der Waals surface area contributed by atoms with Gasteiger partial charge in [-0.05, 0) is 30.7 Å². The lowest BCUT2D eigenvalue weighted by molar-refractivity contribution is -0.113. The van der Waals surface area contributed by atoms with Crippen molar-refractivity contribution in [3.05, 3.63) is 40.2 Å². The molecular formula is C15H18ClO4P. The summed E-state index contributed by atoms with van der Waals surface area (Å²) in [6.45, 7) is 5.83. The van der Waals surface area contributed by atoms with Crippen LogP contribution in [0.4, 0.5) is 0 Å². The van der Waals surface area contributed by atoms with Gasteiger partial charge in [-0.15, -0.1) is 0 Å². The van der Waals surface area contributed by atoms with E-state index in [1.807, 2.05) is 13.8 Å². The maximum Gasteiger partial charge on any atom is 0.364 e. The SMILES string of the molecule is CC(=O)/C(=C\c1ccc(Cl)cc1)P1(=O)OCC(C)(C)CO1. The lowest BCUT2D eigenvalue weighted by Gasteiger charge is -2.34. The molecule has 1 heterocycles. The summed E-state index contributed by atoms with van der Waals surface area (Å²) in [5.74, 6) is -0.326. The van der Waals surface area contributed by atoms with E-state index in [4.69, 9.17) is 20.6 Å². The molecule has 1 fully saturated rings. The number of hydrogen-bond acceptors (Lipinski definition) is 4. The molecule has 0 aliphatic carbocycles. The molecule has 4 nitrogen and oxygen atoms in total. The molecule has 0 radical (unpaired) electrons. The first kappa shape index (κ1) is 16.4. The summed E-state index contributed by atoms with van der Waals surface area (Å²) in [7, 11) is -3.56. The summed E-state index contributed by atoms with van der Waals surface area (Å²) in [5, 5.41) is 0.662. The number of allylic oxidation sites excluding steroid dienone is 1. The monoisotopic (exact) mass is 328 g/mol. The van der Waals surface area contributed by atoms with E-state index in [2.05, 4.69) is 0 Å². The van der Waals surface area contributed by atoms with Crippen molar-refractivity contribution in [1.29, 1.82) is 0 Å². The fourth-order valence-electron chi connectivity index (χ4n) is 1.83. The zero-order chi connectivity index (χ0) is 15.7. The van der Waals surface area contributed by atoms with Crippen molar-refractivity contribution in [1.82, 2.24) is 0 Å². The third-order valence-corrected chi connectivity index (χ3v) is 5.30. The van der Waals surface area contributed by atoms with Gasteiger partial charge in [0.15, 0.2) is 5.78 Å². The Hall–Kier alpha value is -0.930. The standard InChI is InChI=1S/C15H18ClO4P/c1-11(17)14(8-12-4-6-13(16)7-5-12)21(18)19-9-15(2,3)10-20-21/h4-8H,9-10H2,1-3H3/b14-8+. The van der Waals surface area contributed by atoms with E-state index in [1.54, 1.807) is 24.3 Å². The highest BCUT2D eigenvalue weighted by atomic mass is 35.5. The second-order valence-electron chi connectivity index (χ2n) is 5.85. The van der Waals surface area contributed by atoms with E-state index in [0.717, 1.165) is 5.56 Å². The summed E-state index contributed by atoms with van der Waals surface area (Å²) >= 11 is 5.83. The van der Waals surface area contributed by atoms with Crippen LogP contribution in [-0.4, -0.2) is 19.0 Å². The normalized spacial score (nSPS) is 21.0. The second kappa shape index (κ2) is 6.05. The third kappa shape index (κ3) is 4.04. The Labute approximate surface area is 129 Å². The highest BCUT2D eigenvalue weighted by Crippen LogP contribution is 2.60. The highest BCUT2D eigenvalue weighted by molar-refractivity contribution is 7.60. The molecule has 1 aliphatic rings. The number of benzene rings is 1. The smallest absolute Gasteiger partial charge is 0.304 e. The van der Waals surface area contributed by atoms with Crippen LogP contribution in [0.5, 0.6) is 0 Å². The van der Waals surface area contributed by atoms with Gasteiger partial charge in [0.1, 0.15) is 5.31 Å². The van der Waals surface area contributed by atoms with Crippen LogP contribution in [-0.2, 0) is 18.4 Å². The molecule has 6 heteroatoms. The predicted molar refractivity (Wildman–Crippen MR) is 83.4 cm³/mol. The van der Waals surface area contributed by atoms with E-state index in [0.29, 0.717) is 5.02 Å². The van der Waals surface area contributed by atoms with Crippen LogP contribution in [0.25, 0.3) is 6.08 Å². The van der Waals surface area contributed by atoms with Gasteiger partial charge in [-0.2, -0.15) is 0 Å². The average molecular weight is 329 g/mol. The molecule has 0 unspecified atom stereocenters. The van der Waals surface area contributed by atoms with Crippen LogP contribution < -0.4 is 0 Å². The number of Topliss-reactive ketones (excluding diaryl/α,β-unsaturated/α-hetero) is 1. The van der Waals surface area contributed by atoms with Gasteiger partial charge in [0, 0.05) is 10.4 Å². The summed E-state index contributed by atoms with van der Waals surface area (Å²) in [6, 6.07) is 6.89. The highest BCUT2D eigenvalue weighted by Gasteiger charge is 2.41. The molecule has 21 heavy (non-hydrogen) atoms. The molecule has 1 aromatic carbocycles. The van der Waals surface area contributed by atoms with Crippen LogP contribution in [0.2, 0.25) is 5.02 Å². The molecule has 0 bridgehead atoms. The van der Waals surface area contributed by atoms with Gasteiger partial charge in [-0.3, -0.25) is 9.36 Å². The van der Waals surface area contributed by atoms with Crippen molar-refractivity contribution in [3.8, 4) is 0 Å². The van der Waals surface area contributed by atoms with Crippen LogP contribution in [0.15, 0.2) is 29.6 Å². The molecule has 1 aromatic rings. The van der Waals surface area contributed by atoms with Gasteiger partial charge in [0.2, 0.25) is 0 Å². The van der Waals surface area contributed by atoms with E-state index >= 15 is 0 Å². The maximum absolute atomic E-state index is 12.8. The lowest BCUT2D eigenvalue weighted by atomic mass is 9.97. The van der Waals surface area contributed by atoms with Crippen LogP contribution in [0, 0.1) is 5.41 Å². The molecule has 2 rings (SSSR count). The lowest BCUT2D eigenvalue weighted by Crippen LogP contribution is -2.30. The van der Waals surface area contributed by atoms with Gasteiger partial charge < -0.3 is 9.05 Å². The minimum Gasteiger partial charge on any atom is -0.304 e. The third-order valence-electron chi connectivity index (χ3n) is 3.08. The summed E-state index contributed by atoms with van der Waals surface area (Å²) in [6.07, 6.45) is 1.54. The van der Waals surface area contributed by atoms with E-state index in [-0.39, 0.29) is 29.7 Å². The van der Waals surface area contributed by atoms with Crippen LogP contribution in [0.1, 0.15) is 26.3 Å². The van der Waals surface area contributed by atoms with Crippen molar-refractivity contribution in [2.24, 2.45) is 5.41 Å². The molecule has 0 amide bonds. The molecule has 114 valence electrons. The van der Waals surface area contributed by atoms with E-state index in [1.165, 1.54) is 13.0 Å². The summed E-state index contributed by atoms with van der Waals surface area (Å²) in [4.78, 5) is 11.9. The number of carbonyl (C=O) groups is 1. The van der Waals surface area contributed by atoms with Gasteiger partial charge in [0.05, 0.1) is 13.2 Å². The Morgan fingerprint density at radius 3 is 2.24 bits per heavy atom. The fraction of sp³-hybridized carbons (Fsp3) is 0.400. The van der Waals surface area contributed by atoms with Gasteiger partial charge in [-0.1, -0.05) is 37.6 Å². The van der Waals surface area contributed by atoms with Crippen LogP contribution in [0.3, 0.4) is 0 Å². The Balaban J connectivity index is 2.33. The van der Waals surface area contributed by atoms with Crippen molar-refractivity contribution >= 4 is 31.1 Å². The first-order valence-corrected chi connectivity index (χ1v) is 8.52. The van der Waals surface area contributed by atoms with Gasteiger partial charge in [-0.25, -0.2) is 0 Å². The Bertz CT molecular complexity index is 605. The quantitative estimate of drug-likeness (QED) is 0.604. The number of rotatable bonds is 3. The number of ketones is 1. The molecule has 0 atom stereocenters. The maximum atomic E-state index is 12.8. The Kier molecular flexibility index (Phi) is 4.74. The Morgan fingerprint density at radius 1 is 1.24 bits per heavy atom. The molecule has 0 aromatic heterocycles. The molecular weight excluding hydrogens is 311 g/mol. The van der Waals surface area contributed by atoms with E-state index in [9.17, 15) is 9.36 Å². The van der Waals surface area contributed by atoms with Gasteiger partial charge >= 0.3 is 7.60 Å². The zero-order valence-corrected chi connectivity index (χ0v) is 13.9. The number of carbonyl (C=O) groups excluding carboxylic acids is 1. The van der Waals surface area contributed by atoms with Crippen molar-refractivity contribution in [3.63, 3.8) is 0 Å². The Morgan fingerprint density at radius 2 is 1.76 bits per heavy atom. The van der Waals surface area contributed by atoms with Crippen LogP contribution >= 0.6 is 19.2 Å². The molecule has 0 spiro atoms. The van der Waals surface area contributed by atoms with Crippen molar-refractivity contribution < 1.29 is 18.4 Å². The minimum atomic E-state index is -3.56. The minimum absolute atomic E-state index is 0.0697. The summed E-state index contributed by atoms with van der Waals surface area (Å²) < 4.78 is 23.6. The predicted octanol–water partition coefficient (Wildman–Crippen LogP) is 4.54. The molecule has 1 aliphatic heterocycles. The zero-order valence-electron chi connectivity index (χ0n) is 12.3. The summed E-state index contributed by atoms with van der Waals surface area (Å²) in [5.41, 5.74) is 0.507. The fourth-order valence-corrected chi connectivity index (χ4v) is 4.04. The van der Waals surface area contributed by atoms with Gasteiger partial charge in [0.25, 0.3) is 0 Å². The molecule has 0 N–H and O–H groups in total. The average Bonchev–Trinajstić information content (AvgIpc) is 2.41. The first-order chi connectivity index (χ1) is 9.72. The largest absolute Gasteiger partial charge is 0.364 e. The van der Waals surface area contributed by atoms with Crippen molar-refractivity contribution in [2.75, 3.05) is 13.2 Å².